The molecule has 1 heterocycles. The third-order valence-corrected chi connectivity index (χ3v) is 4.13. The molecule has 0 aliphatic rings. The molecular formula is C18H14N2O9. The first-order chi connectivity index (χ1) is 13.8. The van der Waals surface area contributed by atoms with Gasteiger partial charge in [-0.05, 0) is 18.2 Å². The molecule has 0 saturated carbocycles. The number of rotatable bonds is 5. The highest BCUT2D eigenvalue weighted by Gasteiger charge is 2.23. The topological polar surface area (TPSA) is 140 Å². The standard InChI is InChI=1S/C18H14N2O9/c1-26-13-6-9(7-14(27-2)15(13)28-3)16(21)19-12-5-4-10(20(24)25)8-11(12)17(22)29-18(19)23/h4-8H,1-3H3. The molecule has 0 fully saturated rings. The van der Waals surface area contributed by atoms with E-state index >= 15 is 0 Å². The van der Waals surface area contributed by atoms with Gasteiger partial charge in [-0.3, -0.25) is 14.9 Å². The number of carbonyl (C=O) groups is 1. The van der Waals surface area contributed by atoms with Crippen molar-refractivity contribution >= 4 is 22.5 Å². The molecule has 11 heteroatoms. The summed E-state index contributed by atoms with van der Waals surface area (Å²) < 4.78 is 20.7. The van der Waals surface area contributed by atoms with Gasteiger partial charge in [0, 0.05) is 17.7 Å². The molecule has 11 nitrogen and oxygen atoms in total. The predicted molar refractivity (Wildman–Crippen MR) is 99.2 cm³/mol. The maximum Gasteiger partial charge on any atom is 0.429 e. The van der Waals surface area contributed by atoms with Crippen molar-refractivity contribution in [2.75, 3.05) is 21.3 Å². The van der Waals surface area contributed by atoms with Crippen LogP contribution in [0.4, 0.5) is 5.69 Å². The first-order valence-corrected chi connectivity index (χ1v) is 8.01. The number of fused-ring (bicyclic) bond motifs is 1. The average molecular weight is 402 g/mol. The number of hydrogen-bond acceptors (Lipinski definition) is 9. The Hall–Kier alpha value is -4.15. The van der Waals surface area contributed by atoms with Gasteiger partial charge in [-0.2, -0.15) is 0 Å². The van der Waals surface area contributed by atoms with Crippen LogP contribution in [0.1, 0.15) is 10.4 Å². The van der Waals surface area contributed by atoms with Crippen LogP contribution in [0.25, 0.3) is 10.9 Å². The van der Waals surface area contributed by atoms with Crippen LogP contribution in [0.5, 0.6) is 17.2 Å². The number of benzene rings is 2. The van der Waals surface area contributed by atoms with E-state index < -0.39 is 27.9 Å². The largest absolute Gasteiger partial charge is 0.493 e. The number of hydrogen-bond donors (Lipinski definition) is 0. The molecule has 2 aromatic carbocycles. The number of nitrogens with zero attached hydrogens (tertiary/aromatic N) is 2. The lowest BCUT2D eigenvalue weighted by atomic mass is 10.1. The zero-order valence-corrected chi connectivity index (χ0v) is 15.5. The third kappa shape index (κ3) is 3.29. The van der Waals surface area contributed by atoms with Crippen LogP contribution in [-0.2, 0) is 0 Å². The van der Waals surface area contributed by atoms with E-state index in [4.69, 9.17) is 14.2 Å². The lowest BCUT2D eigenvalue weighted by Gasteiger charge is -2.14. The molecule has 0 aliphatic heterocycles. The number of methoxy groups -OCH3 is 3. The number of aromatic nitrogens is 1. The monoisotopic (exact) mass is 402 g/mol. The minimum absolute atomic E-state index is 0.0323. The Balaban J connectivity index is 2.29. The van der Waals surface area contributed by atoms with Crippen molar-refractivity contribution in [3.05, 3.63) is 67.0 Å². The molecule has 3 rings (SSSR count). The second-order valence-corrected chi connectivity index (χ2v) is 5.67. The Labute approximate surface area is 161 Å². The molecule has 3 aromatic rings. The zero-order valence-electron chi connectivity index (χ0n) is 15.5. The fourth-order valence-corrected chi connectivity index (χ4v) is 2.80. The van der Waals surface area contributed by atoms with Gasteiger partial charge in [0.15, 0.2) is 11.5 Å². The minimum atomic E-state index is -1.24. The summed E-state index contributed by atoms with van der Waals surface area (Å²) in [6, 6.07) is 5.76. The molecule has 0 atom stereocenters. The summed E-state index contributed by atoms with van der Waals surface area (Å²) in [7, 11) is 4.10. The molecule has 0 bridgehead atoms. The van der Waals surface area contributed by atoms with E-state index in [9.17, 15) is 24.5 Å². The maximum atomic E-state index is 13.1. The van der Waals surface area contributed by atoms with Gasteiger partial charge in [0.25, 0.3) is 11.6 Å². The normalized spacial score (nSPS) is 10.6. The molecule has 0 spiro atoms. The van der Waals surface area contributed by atoms with Gasteiger partial charge in [0.2, 0.25) is 5.75 Å². The van der Waals surface area contributed by atoms with Crippen LogP contribution in [0.15, 0.2) is 44.3 Å². The van der Waals surface area contributed by atoms with Crippen LogP contribution < -0.4 is 25.6 Å². The van der Waals surface area contributed by atoms with Crippen LogP contribution in [0, 0.1) is 10.1 Å². The second-order valence-electron chi connectivity index (χ2n) is 5.67. The predicted octanol–water partition coefficient (Wildman–Crippen LogP) is 1.58. The van der Waals surface area contributed by atoms with Crippen molar-refractivity contribution in [2.24, 2.45) is 0 Å². The minimum Gasteiger partial charge on any atom is -0.493 e. The van der Waals surface area contributed by atoms with Crippen LogP contribution in [0.2, 0.25) is 0 Å². The fourth-order valence-electron chi connectivity index (χ4n) is 2.80. The van der Waals surface area contributed by atoms with Gasteiger partial charge < -0.3 is 18.6 Å². The molecule has 0 unspecified atom stereocenters. The molecule has 0 saturated heterocycles. The van der Waals surface area contributed by atoms with Crippen molar-refractivity contribution in [2.45, 2.75) is 0 Å². The summed E-state index contributed by atoms with van der Waals surface area (Å²) in [5, 5.41) is 10.7. The molecule has 150 valence electrons. The Bertz CT molecular complexity index is 1230. The van der Waals surface area contributed by atoms with E-state index in [2.05, 4.69) is 4.42 Å². The van der Waals surface area contributed by atoms with Crippen molar-refractivity contribution < 1.29 is 28.3 Å². The van der Waals surface area contributed by atoms with Gasteiger partial charge >= 0.3 is 11.4 Å². The lowest BCUT2D eigenvalue weighted by Crippen LogP contribution is -2.30. The van der Waals surface area contributed by atoms with E-state index in [1.54, 1.807) is 0 Å². The van der Waals surface area contributed by atoms with E-state index in [-0.39, 0.29) is 33.7 Å². The highest BCUT2D eigenvalue weighted by Crippen LogP contribution is 2.38. The smallest absolute Gasteiger partial charge is 0.429 e. The molecule has 0 aliphatic carbocycles. The van der Waals surface area contributed by atoms with Crippen molar-refractivity contribution in [3.8, 4) is 17.2 Å². The summed E-state index contributed by atoms with van der Waals surface area (Å²) in [6.07, 6.45) is 0. The molecular weight excluding hydrogens is 388 g/mol. The Kier molecular flexibility index (Phi) is 5.05. The summed E-state index contributed by atoms with van der Waals surface area (Å²) >= 11 is 0. The lowest BCUT2D eigenvalue weighted by molar-refractivity contribution is -0.384. The van der Waals surface area contributed by atoms with Gasteiger partial charge in [-0.15, -0.1) is 0 Å². The molecule has 0 radical (unpaired) electrons. The van der Waals surface area contributed by atoms with Crippen LogP contribution in [-0.4, -0.2) is 36.7 Å². The van der Waals surface area contributed by atoms with E-state index in [0.717, 1.165) is 18.2 Å². The molecule has 1 aromatic heterocycles. The molecule has 0 N–H and O–H groups in total. The summed E-state index contributed by atoms with van der Waals surface area (Å²) in [6.45, 7) is 0. The number of non-ortho nitro benzene ring substituents is 1. The Morgan fingerprint density at radius 1 is 1.03 bits per heavy atom. The first kappa shape index (κ1) is 19.6. The SMILES string of the molecule is COc1cc(C(=O)n2c(=O)oc(=O)c3cc([N+](=O)[O-])ccc32)cc(OC)c1OC. The molecule has 0 amide bonds. The quantitative estimate of drug-likeness (QED) is 0.459. The maximum absolute atomic E-state index is 13.1. The average Bonchev–Trinajstić information content (AvgIpc) is 2.71. The van der Waals surface area contributed by atoms with Crippen molar-refractivity contribution in [1.82, 2.24) is 4.57 Å². The number of ether oxygens (including phenoxy) is 3. The summed E-state index contributed by atoms with van der Waals surface area (Å²) in [4.78, 5) is 47.6. The highest BCUT2D eigenvalue weighted by atomic mass is 16.6. The molecule has 29 heavy (non-hydrogen) atoms. The fraction of sp³-hybridized carbons (Fsp3) is 0.167. The number of carbonyl (C=O) groups excluding carboxylic acids is 1. The van der Waals surface area contributed by atoms with Crippen molar-refractivity contribution in [1.29, 1.82) is 0 Å². The number of nitro benzene ring substituents is 1. The highest BCUT2D eigenvalue weighted by molar-refractivity contribution is 6.02. The van der Waals surface area contributed by atoms with E-state index in [1.807, 2.05) is 0 Å². The summed E-state index contributed by atoms with van der Waals surface area (Å²) in [5.74, 6) is -1.54. The Morgan fingerprint density at radius 2 is 1.66 bits per heavy atom. The van der Waals surface area contributed by atoms with Crippen molar-refractivity contribution in [3.63, 3.8) is 0 Å². The first-order valence-electron chi connectivity index (χ1n) is 8.01. The second kappa shape index (κ2) is 7.46. The van der Waals surface area contributed by atoms with Gasteiger partial charge in [-0.25, -0.2) is 14.2 Å². The van der Waals surface area contributed by atoms with E-state index in [1.165, 1.54) is 33.5 Å². The van der Waals surface area contributed by atoms with Gasteiger partial charge in [-0.1, -0.05) is 0 Å². The van der Waals surface area contributed by atoms with E-state index in [0.29, 0.717) is 4.57 Å². The zero-order chi connectivity index (χ0) is 21.3. The Morgan fingerprint density at radius 3 is 2.17 bits per heavy atom. The van der Waals surface area contributed by atoms with Gasteiger partial charge in [0.05, 0.1) is 37.2 Å². The van der Waals surface area contributed by atoms with Crippen LogP contribution in [0.3, 0.4) is 0 Å². The number of nitro groups is 1. The third-order valence-electron chi connectivity index (χ3n) is 4.13. The van der Waals surface area contributed by atoms with Crippen LogP contribution >= 0.6 is 0 Å². The summed E-state index contributed by atoms with van der Waals surface area (Å²) in [5.41, 5.74) is -1.66. The van der Waals surface area contributed by atoms with Gasteiger partial charge in [0.1, 0.15) is 0 Å².